The summed E-state index contributed by atoms with van der Waals surface area (Å²) >= 11 is 0. The number of hydrogen-bond donors (Lipinski definition) is 1. The van der Waals surface area contributed by atoms with E-state index in [1.54, 1.807) is 0 Å². The Balaban J connectivity index is 2.32. The van der Waals surface area contributed by atoms with Crippen LogP contribution in [0.5, 0.6) is 0 Å². The number of nitrogens with two attached hydrogens (primary N) is 1. The van der Waals surface area contributed by atoms with E-state index in [-0.39, 0.29) is 0 Å². The predicted octanol–water partition coefficient (Wildman–Crippen LogP) is 2.45. The van der Waals surface area contributed by atoms with E-state index in [2.05, 4.69) is 35.9 Å². The molecule has 1 aromatic rings. The Labute approximate surface area is 133 Å². The van der Waals surface area contributed by atoms with Crippen molar-refractivity contribution in [2.75, 3.05) is 38.8 Å². The van der Waals surface area contributed by atoms with Crippen LogP contribution in [-0.4, -0.2) is 50.8 Å². The van der Waals surface area contributed by atoms with E-state index < -0.39 is 0 Å². The van der Waals surface area contributed by atoms with Gasteiger partial charge in [-0.2, -0.15) is 0 Å². The van der Waals surface area contributed by atoms with Gasteiger partial charge in [-0.25, -0.2) is 4.99 Å². The Morgan fingerprint density at radius 3 is 2.82 bits per heavy atom. The van der Waals surface area contributed by atoms with Crippen LogP contribution < -0.4 is 10.6 Å². The van der Waals surface area contributed by atoms with Crippen LogP contribution in [0.1, 0.15) is 20.3 Å². The number of benzene rings is 1. The first-order chi connectivity index (χ1) is 10.5. The molecule has 0 radical (unpaired) electrons. The van der Waals surface area contributed by atoms with Gasteiger partial charge in [-0.1, -0.05) is 26.0 Å². The van der Waals surface area contributed by atoms with Crippen molar-refractivity contribution in [1.29, 1.82) is 0 Å². The van der Waals surface area contributed by atoms with Crippen molar-refractivity contribution in [2.45, 2.75) is 26.3 Å². The Morgan fingerprint density at radius 1 is 1.41 bits per heavy atom. The van der Waals surface area contributed by atoms with E-state index in [0.717, 1.165) is 37.6 Å². The number of nitrogens with zero attached hydrogens (tertiary/aromatic N) is 3. The van der Waals surface area contributed by atoms with Gasteiger partial charge >= 0.3 is 0 Å². The number of morpholine rings is 1. The first-order valence-electron chi connectivity index (χ1n) is 7.94. The second kappa shape index (κ2) is 7.49. The van der Waals surface area contributed by atoms with Crippen LogP contribution in [0.15, 0.2) is 29.3 Å². The number of ether oxygens (including phenoxy) is 1. The summed E-state index contributed by atoms with van der Waals surface area (Å²) in [6.45, 7) is 6.93. The Kier molecular flexibility index (Phi) is 5.66. The highest BCUT2D eigenvalue weighted by molar-refractivity contribution is 5.83. The van der Waals surface area contributed by atoms with Crippen molar-refractivity contribution in [3.63, 3.8) is 0 Å². The first-order valence-corrected chi connectivity index (χ1v) is 7.94. The quantitative estimate of drug-likeness (QED) is 0.686. The van der Waals surface area contributed by atoms with Crippen LogP contribution in [0.25, 0.3) is 0 Å². The largest absolute Gasteiger partial charge is 0.377 e. The summed E-state index contributed by atoms with van der Waals surface area (Å²) in [6, 6.07) is 8.60. The molecule has 1 aromatic carbocycles. The number of guanidine groups is 1. The fourth-order valence-corrected chi connectivity index (χ4v) is 2.74. The number of aliphatic imine (C=N–C) groups is 1. The SMILES string of the molecule is CC(C)CC1COCCN1c1ccccc1N=C(N)N(C)C. The summed E-state index contributed by atoms with van der Waals surface area (Å²) in [7, 11) is 3.80. The van der Waals surface area contributed by atoms with Gasteiger partial charge < -0.3 is 20.3 Å². The molecule has 5 nitrogen and oxygen atoms in total. The van der Waals surface area contributed by atoms with Crippen molar-refractivity contribution < 1.29 is 4.74 Å². The third-order valence-electron chi connectivity index (χ3n) is 3.86. The monoisotopic (exact) mass is 304 g/mol. The van der Waals surface area contributed by atoms with Crippen molar-refractivity contribution in [1.82, 2.24) is 4.90 Å². The molecule has 0 saturated carbocycles. The molecule has 122 valence electrons. The predicted molar refractivity (Wildman–Crippen MR) is 92.8 cm³/mol. The minimum Gasteiger partial charge on any atom is -0.377 e. The van der Waals surface area contributed by atoms with Gasteiger partial charge in [-0.15, -0.1) is 0 Å². The minimum atomic E-state index is 0.394. The molecule has 5 heteroatoms. The summed E-state index contributed by atoms with van der Waals surface area (Å²) in [4.78, 5) is 8.83. The van der Waals surface area contributed by atoms with Gasteiger partial charge in [0.15, 0.2) is 5.96 Å². The highest BCUT2D eigenvalue weighted by Gasteiger charge is 2.25. The molecule has 1 fully saturated rings. The molecule has 1 aliphatic rings. The van der Waals surface area contributed by atoms with E-state index in [9.17, 15) is 0 Å². The Morgan fingerprint density at radius 2 is 2.14 bits per heavy atom. The van der Waals surface area contributed by atoms with E-state index in [1.807, 2.05) is 31.1 Å². The van der Waals surface area contributed by atoms with Crippen LogP contribution in [-0.2, 0) is 4.74 Å². The van der Waals surface area contributed by atoms with E-state index >= 15 is 0 Å². The molecule has 1 aliphatic heterocycles. The van der Waals surface area contributed by atoms with Gasteiger partial charge in [0.25, 0.3) is 0 Å². The molecule has 0 aliphatic carbocycles. The van der Waals surface area contributed by atoms with Crippen LogP contribution in [0.3, 0.4) is 0 Å². The van der Waals surface area contributed by atoms with Gasteiger partial charge in [0, 0.05) is 20.6 Å². The molecule has 1 atom stereocenters. The van der Waals surface area contributed by atoms with Gasteiger partial charge in [0.1, 0.15) is 0 Å². The molecule has 0 bridgehead atoms. The lowest BCUT2D eigenvalue weighted by molar-refractivity contribution is 0.0878. The highest BCUT2D eigenvalue weighted by atomic mass is 16.5. The smallest absolute Gasteiger partial charge is 0.196 e. The molecule has 0 aromatic heterocycles. The molecule has 2 rings (SSSR count). The summed E-state index contributed by atoms with van der Waals surface area (Å²) in [5.74, 6) is 1.15. The van der Waals surface area contributed by atoms with Gasteiger partial charge in [-0.3, -0.25) is 0 Å². The maximum absolute atomic E-state index is 6.00. The van der Waals surface area contributed by atoms with Crippen molar-refractivity contribution >= 4 is 17.3 Å². The van der Waals surface area contributed by atoms with Crippen LogP contribution in [0.4, 0.5) is 11.4 Å². The number of rotatable bonds is 4. The lowest BCUT2D eigenvalue weighted by atomic mass is 10.0. The first kappa shape index (κ1) is 16.6. The van der Waals surface area contributed by atoms with Gasteiger partial charge in [0.05, 0.1) is 30.6 Å². The second-order valence-corrected chi connectivity index (χ2v) is 6.40. The average molecular weight is 304 g/mol. The summed E-state index contributed by atoms with van der Waals surface area (Å²) in [5, 5.41) is 0. The maximum atomic E-state index is 6.00. The summed E-state index contributed by atoms with van der Waals surface area (Å²) in [6.07, 6.45) is 1.11. The van der Waals surface area contributed by atoms with E-state index in [4.69, 9.17) is 10.5 Å². The van der Waals surface area contributed by atoms with Crippen molar-refractivity contribution in [3.05, 3.63) is 24.3 Å². The van der Waals surface area contributed by atoms with Gasteiger partial charge in [-0.05, 0) is 24.5 Å². The molecular formula is C17H28N4O. The van der Waals surface area contributed by atoms with Crippen LogP contribution in [0, 0.1) is 5.92 Å². The molecule has 1 unspecified atom stereocenters. The molecule has 22 heavy (non-hydrogen) atoms. The zero-order valence-electron chi connectivity index (χ0n) is 14.1. The third kappa shape index (κ3) is 4.13. The zero-order chi connectivity index (χ0) is 16.1. The maximum Gasteiger partial charge on any atom is 0.196 e. The molecule has 1 heterocycles. The molecule has 0 amide bonds. The van der Waals surface area contributed by atoms with Crippen molar-refractivity contribution in [3.8, 4) is 0 Å². The van der Waals surface area contributed by atoms with Crippen LogP contribution >= 0.6 is 0 Å². The fraction of sp³-hybridized carbons (Fsp3) is 0.588. The van der Waals surface area contributed by atoms with Crippen LogP contribution in [0.2, 0.25) is 0 Å². The average Bonchev–Trinajstić information content (AvgIpc) is 2.48. The van der Waals surface area contributed by atoms with E-state index in [1.165, 1.54) is 0 Å². The Bertz CT molecular complexity index is 513. The molecular weight excluding hydrogens is 276 g/mol. The standard InChI is InChI=1S/C17H28N4O/c1-13(2)11-14-12-22-10-9-21(14)16-8-6-5-7-15(16)19-17(18)20(3)4/h5-8,13-14H,9-12H2,1-4H3,(H2,18,19). The second-order valence-electron chi connectivity index (χ2n) is 6.40. The normalized spacial score (nSPS) is 19.6. The third-order valence-corrected chi connectivity index (χ3v) is 3.86. The minimum absolute atomic E-state index is 0.394. The van der Waals surface area contributed by atoms with E-state index in [0.29, 0.717) is 17.9 Å². The Hall–Kier alpha value is -1.75. The lowest BCUT2D eigenvalue weighted by Gasteiger charge is -2.38. The highest BCUT2D eigenvalue weighted by Crippen LogP contribution is 2.32. The fourth-order valence-electron chi connectivity index (χ4n) is 2.74. The molecule has 1 saturated heterocycles. The number of hydrogen-bond acceptors (Lipinski definition) is 3. The summed E-state index contributed by atoms with van der Waals surface area (Å²) < 4.78 is 5.68. The lowest BCUT2D eigenvalue weighted by Crippen LogP contribution is -2.46. The van der Waals surface area contributed by atoms with Gasteiger partial charge in [0.2, 0.25) is 0 Å². The summed E-state index contributed by atoms with van der Waals surface area (Å²) in [5.41, 5.74) is 8.06. The number of para-hydroxylation sites is 2. The molecule has 0 spiro atoms. The van der Waals surface area contributed by atoms with Crippen molar-refractivity contribution in [2.24, 2.45) is 16.6 Å². The topological polar surface area (TPSA) is 54.1 Å². The number of anilines is 1. The zero-order valence-corrected chi connectivity index (χ0v) is 14.1. The molecule has 2 N–H and O–H groups in total.